The molecule has 0 saturated carbocycles. The number of nitrogens with one attached hydrogen (secondary N) is 1. The molecular formula is C16H23NS. The van der Waals surface area contributed by atoms with Crippen molar-refractivity contribution in [1.82, 2.24) is 5.32 Å². The molecule has 0 aliphatic carbocycles. The molecule has 1 spiro atoms. The summed E-state index contributed by atoms with van der Waals surface area (Å²) >= 11 is 2.18. The van der Waals surface area contributed by atoms with Crippen molar-refractivity contribution in [3.05, 3.63) is 35.4 Å². The summed E-state index contributed by atoms with van der Waals surface area (Å²) in [6.07, 6.45) is 2.75. The van der Waals surface area contributed by atoms with Gasteiger partial charge in [-0.05, 0) is 43.0 Å². The Bertz CT molecular complexity index is 414. The fraction of sp³-hybridized carbons (Fsp3) is 0.625. The highest BCUT2D eigenvalue weighted by atomic mass is 32.2. The van der Waals surface area contributed by atoms with Crippen LogP contribution in [0.25, 0.3) is 0 Å². The zero-order valence-electron chi connectivity index (χ0n) is 11.4. The zero-order chi connectivity index (χ0) is 12.6. The molecule has 1 N–H and O–H groups in total. The molecule has 0 amide bonds. The monoisotopic (exact) mass is 261 g/mol. The van der Waals surface area contributed by atoms with Crippen molar-refractivity contribution in [3.8, 4) is 0 Å². The van der Waals surface area contributed by atoms with Gasteiger partial charge in [-0.2, -0.15) is 11.8 Å². The fourth-order valence-electron chi connectivity index (χ4n) is 3.77. The third-order valence-electron chi connectivity index (χ3n) is 5.03. The number of hydrogen-bond acceptors (Lipinski definition) is 2. The van der Waals surface area contributed by atoms with Gasteiger partial charge in [-0.3, -0.25) is 0 Å². The summed E-state index contributed by atoms with van der Waals surface area (Å²) in [4.78, 5) is 0. The highest BCUT2D eigenvalue weighted by Crippen LogP contribution is 2.54. The molecule has 2 fully saturated rings. The van der Waals surface area contributed by atoms with Gasteiger partial charge in [0, 0.05) is 17.7 Å². The molecule has 0 aromatic heterocycles. The maximum absolute atomic E-state index is 3.61. The first kappa shape index (κ1) is 12.6. The fourth-order valence-corrected chi connectivity index (χ4v) is 5.36. The van der Waals surface area contributed by atoms with Crippen molar-refractivity contribution in [1.29, 1.82) is 0 Å². The molecule has 2 heteroatoms. The first-order valence-corrected chi connectivity index (χ1v) is 8.16. The van der Waals surface area contributed by atoms with Crippen LogP contribution in [-0.4, -0.2) is 24.1 Å². The second kappa shape index (κ2) is 4.90. The summed E-state index contributed by atoms with van der Waals surface area (Å²) in [5.41, 5.74) is 3.46. The Morgan fingerprint density at radius 2 is 2.00 bits per heavy atom. The smallest absolute Gasteiger partial charge is 0.00822 e. The Morgan fingerprint density at radius 3 is 2.67 bits per heavy atom. The molecule has 18 heavy (non-hydrogen) atoms. The van der Waals surface area contributed by atoms with Crippen molar-refractivity contribution < 1.29 is 0 Å². The van der Waals surface area contributed by atoms with E-state index < -0.39 is 0 Å². The summed E-state index contributed by atoms with van der Waals surface area (Å²) in [6.45, 7) is 6.98. The predicted octanol–water partition coefficient (Wildman–Crippen LogP) is 3.58. The van der Waals surface area contributed by atoms with Gasteiger partial charge in [0.2, 0.25) is 0 Å². The molecule has 98 valence electrons. The molecule has 1 nitrogen and oxygen atoms in total. The SMILES string of the molecule is Cc1ccc(C2CNCCC23CCSC3C)cc1. The van der Waals surface area contributed by atoms with Crippen LogP contribution < -0.4 is 5.32 Å². The van der Waals surface area contributed by atoms with E-state index in [4.69, 9.17) is 0 Å². The Morgan fingerprint density at radius 1 is 1.22 bits per heavy atom. The molecule has 3 atom stereocenters. The lowest BCUT2D eigenvalue weighted by molar-refractivity contribution is 0.166. The van der Waals surface area contributed by atoms with Gasteiger partial charge in [0.05, 0.1) is 0 Å². The molecule has 0 radical (unpaired) electrons. The number of benzene rings is 1. The maximum Gasteiger partial charge on any atom is 0.00822 e. The van der Waals surface area contributed by atoms with Crippen molar-refractivity contribution in [3.63, 3.8) is 0 Å². The van der Waals surface area contributed by atoms with Crippen LogP contribution in [0, 0.1) is 12.3 Å². The molecule has 2 heterocycles. The van der Waals surface area contributed by atoms with Crippen LogP contribution in [0.5, 0.6) is 0 Å². The van der Waals surface area contributed by atoms with E-state index in [9.17, 15) is 0 Å². The van der Waals surface area contributed by atoms with Crippen LogP contribution in [0.3, 0.4) is 0 Å². The predicted molar refractivity (Wildman–Crippen MR) is 80.4 cm³/mol. The number of piperidine rings is 1. The third kappa shape index (κ3) is 2.00. The van der Waals surface area contributed by atoms with Gasteiger partial charge in [0.15, 0.2) is 0 Å². The average Bonchev–Trinajstić information content (AvgIpc) is 2.74. The Balaban J connectivity index is 1.95. The Labute approximate surface area is 115 Å². The minimum absolute atomic E-state index is 0.547. The van der Waals surface area contributed by atoms with Crippen molar-refractivity contribution in [2.24, 2.45) is 5.41 Å². The lowest BCUT2D eigenvalue weighted by Crippen LogP contribution is -2.46. The standard InChI is InChI=1S/C16H23NS/c1-12-3-5-14(6-4-12)15-11-17-9-7-16(15)8-10-18-13(16)2/h3-6,13,15,17H,7-11H2,1-2H3. The van der Waals surface area contributed by atoms with Crippen LogP contribution in [0.15, 0.2) is 24.3 Å². The minimum atomic E-state index is 0.547. The molecular weight excluding hydrogens is 238 g/mol. The molecule has 1 aromatic rings. The van der Waals surface area contributed by atoms with Crippen molar-refractivity contribution in [2.45, 2.75) is 37.9 Å². The largest absolute Gasteiger partial charge is 0.316 e. The second-order valence-corrected chi connectivity index (χ2v) is 7.36. The summed E-state index contributed by atoms with van der Waals surface area (Å²) in [5, 5.41) is 4.42. The van der Waals surface area contributed by atoms with E-state index in [2.05, 4.69) is 55.2 Å². The summed E-state index contributed by atoms with van der Waals surface area (Å²) < 4.78 is 0. The van der Waals surface area contributed by atoms with Gasteiger partial charge in [0.25, 0.3) is 0 Å². The molecule has 1 aromatic carbocycles. The van der Waals surface area contributed by atoms with Gasteiger partial charge in [-0.25, -0.2) is 0 Å². The summed E-state index contributed by atoms with van der Waals surface area (Å²) in [7, 11) is 0. The van der Waals surface area contributed by atoms with Crippen LogP contribution >= 0.6 is 11.8 Å². The molecule has 2 aliphatic rings. The van der Waals surface area contributed by atoms with Gasteiger partial charge in [0.1, 0.15) is 0 Å². The molecule has 2 saturated heterocycles. The van der Waals surface area contributed by atoms with Gasteiger partial charge in [-0.1, -0.05) is 36.8 Å². The van der Waals surface area contributed by atoms with E-state index in [0.29, 0.717) is 11.3 Å². The molecule has 3 unspecified atom stereocenters. The van der Waals surface area contributed by atoms with E-state index in [-0.39, 0.29) is 0 Å². The molecule has 0 bridgehead atoms. The first-order valence-electron chi connectivity index (χ1n) is 7.11. The number of rotatable bonds is 1. The second-order valence-electron chi connectivity index (χ2n) is 5.91. The van der Waals surface area contributed by atoms with E-state index in [1.54, 1.807) is 5.56 Å². The highest BCUT2D eigenvalue weighted by Gasteiger charge is 2.48. The Kier molecular flexibility index (Phi) is 3.42. The van der Waals surface area contributed by atoms with Crippen LogP contribution in [-0.2, 0) is 0 Å². The van der Waals surface area contributed by atoms with Gasteiger partial charge < -0.3 is 5.32 Å². The average molecular weight is 261 g/mol. The number of hydrogen-bond donors (Lipinski definition) is 1. The van der Waals surface area contributed by atoms with Crippen LogP contribution in [0.4, 0.5) is 0 Å². The van der Waals surface area contributed by atoms with Gasteiger partial charge >= 0.3 is 0 Å². The summed E-state index contributed by atoms with van der Waals surface area (Å²) in [6, 6.07) is 9.24. The lowest BCUT2D eigenvalue weighted by atomic mass is 9.64. The lowest BCUT2D eigenvalue weighted by Gasteiger charge is -2.45. The maximum atomic E-state index is 3.61. The Hall–Kier alpha value is -0.470. The zero-order valence-corrected chi connectivity index (χ0v) is 12.2. The van der Waals surface area contributed by atoms with E-state index in [1.165, 1.54) is 30.7 Å². The van der Waals surface area contributed by atoms with Crippen molar-refractivity contribution >= 4 is 11.8 Å². The molecule has 3 rings (SSSR count). The summed E-state index contributed by atoms with van der Waals surface area (Å²) in [5.74, 6) is 2.06. The highest BCUT2D eigenvalue weighted by molar-refractivity contribution is 8.00. The van der Waals surface area contributed by atoms with Crippen LogP contribution in [0.2, 0.25) is 0 Å². The van der Waals surface area contributed by atoms with E-state index in [0.717, 1.165) is 11.8 Å². The van der Waals surface area contributed by atoms with E-state index in [1.807, 2.05) is 0 Å². The number of aryl methyl sites for hydroxylation is 1. The quantitative estimate of drug-likeness (QED) is 0.829. The first-order chi connectivity index (χ1) is 8.72. The third-order valence-corrected chi connectivity index (χ3v) is 6.44. The van der Waals surface area contributed by atoms with Crippen molar-refractivity contribution in [2.75, 3.05) is 18.8 Å². The normalized spacial score (nSPS) is 36.1. The number of thioether (sulfide) groups is 1. The molecule has 2 aliphatic heterocycles. The topological polar surface area (TPSA) is 12.0 Å². The van der Waals surface area contributed by atoms with Crippen LogP contribution in [0.1, 0.15) is 36.8 Å². The van der Waals surface area contributed by atoms with E-state index >= 15 is 0 Å². The van der Waals surface area contributed by atoms with Gasteiger partial charge in [-0.15, -0.1) is 0 Å². The minimum Gasteiger partial charge on any atom is -0.316 e.